The van der Waals surface area contributed by atoms with E-state index in [-0.39, 0.29) is 0 Å². The fraction of sp³-hybridized carbons (Fsp3) is 0.667. The number of oxazole rings is 1. The monoisotopic (exact) mass is 182 g/mol. The van der Waals surface area contributed by atoms with Gasteiger partial charge in [0.1, 0.15) is 6.26 Å². The van der Waals surface area contributed by atoms with Crippen LogP contribution in [0.3, 0.4) is 0 Å². The number of aryl methyl sites for hydroxylation is 1. The van der Waals surface area contributed by atoms with Crippen molar-refractivity contribution in [1.29, 1.82) is 0 Å². The Balaban J connectivity index is 2.03. The van der Waals surface area contributed by atoms with Gasteiger partial charge < -0.3 is 14.1 Å². The predicted octanol–water partition coefficient (Wildman–Crippen LogP) is 1.21. The summed E-state index contributed by atoms with van der Waals surface area (Å²) < 4.78 is 10.6. The Morgan fingerprint density at radius 3 is 3.08 bits per heavy atom. The molecule has 1 aliphatic rings. The van der Waals surface area contributed by atoms with E-state index < -0.39 is 0 Å². The molecule has 1 saturated heterocycles. The Bertz CT molecular complexity index is 285. The van der Waals surface area contributed by atoms with Crippen molar-refractivity contribution in [3.63, 3.8) is 0 Å². The van der Waals surface area contributed by atoms with Crippen LogP contribution in [0.15, 0.2) is 10.7 Å². The average Bonchev–Trinajstić information content (AvgIpc) is 2.71. The Morgan fingerprint density at radius 2 is 2.54 bits per heavy atom. The van der Waals surface area contributed by atoms with E-state index in [0.717, 1.165) is 31.2 Å². The lowest BCUT2D eigenvalue weighted by atomic mass is 10.3. The van der Waals surface area contributed by atoms with Crippen LogP contribution in [-0.4, -0.2) is 31.3 Å². The lowest BCUT2D eigenvalue weighted by Gasteiger charge is -2.12. The minimum Gasteiger partial charge on any atom is -0.432 e. The van der Waals surface area contributed by atoms with Crippen LogP contribution >= 0.6 is 0 Å². The van der Waals surface area contributed by atoms with E-state index in [0.29, 0.717) is 6.10 Å². The van der Waals surface area contributed by atoms with E-state index in [1.807, 2.05) is 6.92 Å². The first-order valence-electron chi connectivity index (χ1n) is 4.49. The maximum absolute atomic E-state index is 5.30. The largest absolute Gasteiger partial charge is 0.432 e. The summed E-state index contributed by atoms with van der Waals surface area (Å²) >= 11 is 0. The zero-order valence-corrected chi connectivity index (χ0v) is 7.99. The molecule has 0 aromatic carbocycles. The average molecular weight is 182 g/mol. The van der Waals surface area contributed by atoms with E-state index in [4.69, 9.17) is 9.15 Å². The second kappa shape index (κ2) is 3.38. The molecule has 13 heavy (non-hydrogen) atoms. The Hall–Kier alpha value is -1.03. The maximum Gasteiger partial charge on any atom is 0.297 e. The molecule has 1 aromatic rings. The Morgan fingerprint density at radius 1 is 1.69 bits per heavy atom. The smallest absolute Gasteiger partial charge is 0.297 e. The van der Waals surface area contributed by atoms with Gasteiger partial charge >= 0.3 is 0 Å². The highest BCUT2D eigenvalue weighted by atomic mass is 16.5. The summed E-state index contributed by atoms with van der Waals surface area (Å²) in [6.45, 7) is 3.78. The van der Waals surface area contributed by atoms with Crippen molar-refractivity contribution in [2.24, 2.45) is 0 Å². The van der Waals surface area contributed by atoms with E-state index in [1.54, 1.807) is 13.4 Å². The van der Waals surface area contributed by atoms with Gasteiger partial charge in [-0.05, 0) is 13.3 Å². The molecule has 0 radical (unpaired) electrons. The molecule has 1 aromatic heterocycles. The normalized spacial score (nSPS) is 22.6. The molecule has 0 unspecified atom stereocenters. The van der Waals surface area contributed by atoms with Crippen LogP contribution in [0.25, 0.3) is 0 Å². The molecule has 2 rings (SSSR count). The van der Waals surface area contributed by atoms with E-state index >= 15 is 0 Å². The molecule has 0 amide bonds. The molecule has 0 aliphatic carbocycles. The maximum atomic E-state index is 5.30. The molecule has 2 heterocycles. The summed E-state index contributed by atoms with van der Waals surface area (Å²) in [4.78, 5) is 6.38. The van der Waals surface area contributed by atoms with Crippen LogP contribution in [0.4, 0.5) is 6.01 Å². The summed E-state index contributed by atoms with van der Waals surface area (Å²) in [7, 11) is 1.75. The number of anilines is 1. The van der Waals surface area contributed by atoms with Gasteiger partial charge in [0.2, 0.25) is 0 Å². The summed E-state index contributed by atoms with van der Waals surface area (Å²) in [6.07, 6.45) is 3.06. The zero-order valence-electron chi connectivity index (χ0n) is 7.99. The number of hydrogen-bond donors (Lipinski definition) is 0. The number of aromatic nitrogens is 1. The lowest BCUT2D eigenvalue weighted by molar-refractivity contribution is 0.121. The molecule has 72 valence electrons. The Labute approximate surface area is 77.5 Å². The molecule has 1 fully saturated rings. The van der Waals surface area contributed by atoms with Crippen molar-refractivity contribution < 1.29 is 9.15 Å². The molecule has 1 atom stereocenters. The molecule has 4 nitrogen and oxygen atoms in total. The minimum absolute atomic E-state index is 0.326. The number of rotatable bonds is 2. The van der Waals surface area contributed by atoms with Crippen molar-refractivity contribution >= 4 is 6.01 Å². The standard InChI is InChI=1S/C9H14N2O2/c1-7-6-13-9(10-7)11-4-3-8(5-11)12-2/h6,8H,3-5H2,1-2H3/t8-/m1/s1. The van der Waals surface area contributed by atoms with Crippen LogP contribution < -0.4 is 4.90 Å². The number of nitrogens with zero attached hydrogens (tertiary/aromatic N) is 2. The quantitative estimate of drug-likeness (QED) is 0.689. The van der Waals surface area contributed by atoms with Gasteiger partial charge in [0.15, 0.2) is 0 Å². The third-order valence-corrected chi connectivity index (χ3v) is 2.36. The highest BCUT2D eigenvalue weighted by molar-refractivity contribution is 5.28. The molecular weight excluding hydrogens is 168 g/mol. The molecule has 0 saturated carbocycles. The van der Waals surface area contributed by atoms with E-state index in [1.165, 1.54) is 0 Å². The van der Waals surface area contributed by atoms with Gasteiger partial charge in [-0.2, -0.15) is 4.98 Å². The van der Waals surface area contributed by atoms with Gasteiger partial charge in [0.25, 0.3) is 6.01 Å². The third-order valence-electron chi connectivity index (χ3n) is 2.36. The highest BCUT2D eigenvalue weighted by Gasteiger charge is 2.24. The van der Waals surface area contributed by atoms with Gasteiger partial charge in [0, 0.05) is 20.2 Å². The van der Waals surface area contributed by atoms with Crippen molar-refractivity contribution in [1.82, 2.24) is 4.98 Å². The molecule has 0 N–H and O–H groups in total. The molecule has 0 bridgehead atoms. The molecule has 1 aliphatic heterocycles. The van der Waals surface area contributed by atoms with Crippen LogP contribution in [0, 0.1) is 6.92 Å². The predicted molar refractivity (Wildman–Crippen MR) is 48.9 cm³/mol. The van der Waals surface area contributed by atoms with Crippen molar-refractivity contribution in [3.8, 4) is 0 Å². The fourth-order valence-electron chi connectivity index (χ4n) is 1.58. The Kier molecular flexibility index (Phi) is 2.22. The topological polar surface area (TPSA) is 38.5 Å². The van der Waals surface area contributed by atoms with Gasteiger partial charge in [-0.1, -0.05) is 0 Å². The summed E-state index contributed by atoms with van der Waals surface area (Å²) in [5, 5.41) is 0. The third kappa shape index (κ3) is 1.67. The highest BCUT2D eigenvalue weighted by Crippen LogP contribution is 2.20. The van der Waals surface area contributed by atoms with Crippen molar-refractivity contribution in [2.45, 2.75) is 19.4 Å². The summed E-state index contributed by atoms with van der Waals surface area (Å²) in [6, 6.07) is 0.719. The molecule has 0 spiro atoms. The zero-order chi connectivity index (χ0) is 9.26. The fourth-order valence-corrected chi connectivity index (χ4v) is 1.58. The first kappa shape index (κ1) is 8.56. The van der Waals surface area contributed by atoms with Gasteiger partial charge in [0.05, 0.1) is 11.8 Å². The van der Waals surface area contributed by atoms with E-state index in [2.05, 4.69) is 9.88 Å². The van der Waals surface area contributed by atoms with Crippen molar-refractivity contribution in [2.75, 3.05) is 25.1 Å². The number of methoxy groups -OCH3 is 1. The van der Waals surface area contributed by atoms with Crippen LogP contribution in [0.5, 0.6) is 0 Å². The second-order valence-corrected chi connectivity index (χ2v) is 3.36. The van der Waals surface area contributed by atoms with Crippen LogP contribution in [0.1, 0.15) is 12.1 Å². The SMILES string of the molecule is CO[C@@H]1CCN(c2nc(C)co2)C1. The summed E-state index contributed by atoms with van der Waals surface area (Å²) in [5.74, 6) is 0. The first-order chi connectivity index (χ1) is 6.29. The molecule has 4 heteroatoms. The first-order valence-corrected chi connectivity index (χ1v) is 4.49. The minimum atomic E-state index is 0.326. The summed E-state index contributed by atoms with van der Waals surface area (Å²) in [5.41, 5.74) is 0.927. The number of ether oxygens (including phenoxy) is 1. The van der Waals surface area contributed by atoms with Gasteiger partial charge in [-0.3, -0.25) is 0 Å². The van der Waals surface area contributed by atoms with E-state index in [9.17, 15) is 0 Å². The van der Waals surface area contributed by atoms with Gasteiger partial charge in [-0.15, -0.1) is 0 Å². The lowest BCUT2D eigenvalue weighted by Crippen LogP contribution is -2.22. The van der Waals surface area contributed by atoms with Crippen LogP contribution in [0.2, 0.25) is 0 Å². The number of hydrogen-bond acceptors (Lipinski definition) is 4. The van der Waals surface area contributed by atoms with Crippen molar-refractivity contribution in [3.05, 3.63) is 12.0 Å². The van der Waals surface area contributed by atoms with Crippen LogP contribution in [-0.2, 0) is 4.74 Å². The molecular formula is C9H14N2O2. The second-order valence-electron chi connectivity index (χ2n) is 3.36. The van der Waals surface area contributed by atoms with Gasteiger partial charge in [-0.25, -0.2) is 0 Å².